The lowest BCUT2D eigenvalue weighted by atomic mass is 10.1. The fourth-order valence-electron chi connectivity index (χ4n) is 2.94. The van der Waals surface area contributed by atoms with Gasteiger partial charge in [0.1, 0.15) is 5.82 Å². The highest BCUT2D eigenvalue weighted by Gasteiger charge is 2.31. The van der Waals surface area contributed by atoms with Gasteiger partial charge in [-0.15, -0.1) is 0 Å². The lowest BCUT2D eigenvalue weighted by Gasteiger charge is -2.21. The summed E-state index contributed by atoms with van der Waals surface area (Å²) >= 11 is 0. The summed E-state index contributed by atoms with van der Waals surface area (Å²) in [6.07, 6.45) is 0.935. The molecule has 2 rings (SSSR count). The van der Waals surface area contributed by atoms with Crippen molar-refractivity contribution in [1.29, 1.82) is 0 Å². The fourth-order valence-corrected chi connectivity index (χ4v) is 4.48. The Balaban J connectivity index is 1.99. The van der Waals surface area contributed by atoms with Crippen LogP contribution in [0.5, 0.6) is 0 Å². The van der Waals surface area contributed by atoms with Gasteiger partial charge in [-0.1, -0.05) is 6.92 Å². The molecule has 0 aromatic heterocycles. The number of amides is 1. The molecule has 128 valence electrons. The number of halogens is 1. The number of likely N-dealkylation sites (tertiary alicyclic amines) is 1. The number of hydrogen-bond donors (Lipinski definition) is 1. The number of hydrogen-bond acceptors (Lipinski definition) is 4. The molecule has 2 atom stereocenters. The van der Waals surface area contributed by atoms with Crippen LogP contribution in [0.1, 0.15) is 13.3 Å². The van der Waals surface area contributed by atoms with Crippen molar-refractivity contribution >= 4 is 15.7 Å². The van der Waals surface area contributed by atoms with Crippen molar-refractivity contribution in [1.82, 2.24) is 10.2 Å². The normalized spacial score (nSPS) is 19.8. The van der Waals surface area contributed by atoms with E-state index in [9.17, 15) is 17.6 Å². The molecule has 1 amide bonds. The van der Waals surface area contributed by atoms with Crippen LogP contribution in [0.2, 0.25) is 0 Å². The van der Waals surface area contributed by atoms with Crippen molar-refractivity contribution in [3.8, 4) is 0 Å². The third-order valence-electron chi connectivity index (χ3n) is 4.15. The predicted octanol–water partition coefficient (Wildman–Crippen LogP) is 1.30. The summed E-state index contributed by atoms with van der Waals surface area (Å²) < 4.78 is 37.6. The maximum Gasteiger partial charge on any atom is 0.226 e. The molecule has 0 radical (unpaired) electrons. The molecule has 2 unspecified atom stereocenters. The van der Waals surface area contributed by atoms with Gasteiger partial charge in [0.2, 0.25) is 5.91 Å². The van der Waals surface area contributed by atoms with Gasteiger partial charge in [-0.2, -0.15) is 0 Å². The van der Waals surface area contributed by atoms with Crippen LogP contribution in [0.4, 0.5) is 4.39 Å². The highest BCUT2D eigenvalue weighted by atomic mass is 32.2. The topological polar surface area (TPSA) is 66.5 Å². The molecular formula is C16H23FN2O3S. The van der Waals surface area contributed by atoms with E-state index in [0.29, 0.717) is 19.0 Å². The zero-order valence-corrected chi connectivity index (χ0v) is 14.3. The van der Waals surface area contributed by atoms with Crippen molar-refractivity contribution in [2.75, 3.05) is 32.4 Å². The lowest BCUT2D eigenvalue weighted by molar-refractivity contribution is -0.133. The number of carbonyl (C=O) groups excluding carboxylic acids is 1. The molecular weight excluding hydrogens is 319 g/mol. The number of benzene rings is 1. The summed E-state index contributed by atoms with van der Waals surface area (Å²) in [4.78, 5) is 14.2. The Morgan fingerprint density at radius 3 is 2.65 bits per heavy atom. The van der Waals surface area contributed by atoms with Gasteiger partial charge in [0.05, 0.1) is 10.6 Å². The number of nitrogens with one attached hydrogen (secondary N) is 1. The van der Waals surface area contributed by atoms with E-state index in [1.165, 1.54) is 12.1 Å². The molecule has 23 heavy (non-hydrogen) atoms. The summed E-state index contributed by atoms with van der Waals surface area (Å²) in [6, 6.07) is 4.70. The lowest BCUT2D eigenvalue weighted by Crippen LogP contribution is -2.36. The van der Waals surface area contributed by atoms with E-state index in [1.54, 1.807) is 11.8 Å². The third kappa shape index (κ3) is 4.51. The zero-order valence-electron chi connectivity index (χ0n) is 13.5. The molecule has 0 aliphatic carbocycles. The summed E-state index contributed by atoms with van der Waals surface area (Å²) in [5.41, 5.74) is 0. The second-order valence-electron chi connectivity index (χ2n) is 6.13. The van der Waals surface area contributed by atoms with Gasteiger partial charge in [-0.25, -0.2) is 12.8 Å². The first-order valence-corrected chi connectivity index (χ1v) is 9.40. The molecule has 5 nitrogen and oxygen atoms in total. The van der Waals surface area contributed by atoms with E-state index in [0.717, 1.165) is 25.1 Å². The molecule has 1 fully saturated rings. The van der Waals surface area contributed by atoms with E-state index < -0.39 is 21.6 Å². The number of sulfone groups is 1. The molecule has 1 aromatic carbocycles. The molecule has 1 N–H and O–H groups in total. The van der Waals surface area contributed by atoms with Crippen LogP contribution in [-0.2, 0) is 14.6 Å². The van der Waals surface area contributed by atoms with Crippen molar-refractivity contribution in [2.24, 2.45) is 11.8 Å². The van der Waals surface area contributed by atoms with E-state index in [-0.39, 0.29) is 16.6 Å². The summed E-state index contributed by atoms with van der Waals surface area (Å²) in [5.74, 6) is -1.07. The molecule has 1 saturated heterocycles. The standard InChI is InChI=1S/C16H23FN2O3S/c1-12(16(20)19-8-7-13(10-19)9-18-2)11-23(21,22)15-5-3-14(17)4-6-15/h3-6,12-13,18H,7-11H2,1-2H3. The van der Waals surface area contributed by atoms with Gasteiger partial charge in [0.25, 0.3) is 0 Å². The predicted molar refractivity (Wildman–Crippen MR) is 86.2 cm³/mol. The van der Waals surface area contributed by atoms with Crippen LogP contribution >= 0.6 is 0 Å². The maximum atomic E-state index is 12.9. The molecule has 0 spiro atoms. The first-order chi connectivity index (χ1) is 10.8. The maximum absolute atomic E-state index is 12.9. The quantitative estimate of drug-likeness (QED) is 0.792. The highest BCUT2D eigenvalue weighted by Crippen LogP contribution is 2.20. The monoisotopic (exact) mass is 342 g/mol. The van der Waals surface area contributed by atoms with Crippen LogP contribution < -0.4 is 5.32 Å². The van der Waals surface area contributed by atoms with Crippen LogP contribution in [0, 0.1) is 17.7 Å². The van der Waals surface area contributed by atoms with Crippen LogP contribution in [0.15, 0.2) is 29.2 Å². The molecule has 1 aliphatic heterocycles. The van der Waals surface area contributed by atoms with E-state index >= 15 is 0 Å². The van der Waals surface area contributed by atoms with Gasteiger partial charge in [-0.05, 0) is 50.2 Å². The first-order valence-electron chi connectivity index (χ1n) is 7.75. The largest absolute Gasteiger partial charge is 0.342 e. The Kier molecular flexibility index (Phi) is 5.75. The van der Waals surface area contributed by atoms with Crippen molar-refractivity contribution < 1.29 is 17.6 Å². The number of nitrogens with zero attached hydrogens (tertiary/aromatic N) is 1. The average Bonchev–Trinajstić information content (AvgIpc) is 2.95. The van der Waals surface area contributed by atoms with Crippen molar-refractivity contribution in [3.63, 3.8) is 0 Å². The smallest absolute Gasteiger partial charge is 0.226 e. The molecule has 0 saturated carbocycles. The Labute approximate surface area is 136 Å². The van der Waals surface area contributed by atoms with Gasteiger partial charge in [-0.3, -0.25) is 4.79 Å². The molecule has 1 aromatic rings. The Morgan fingerprint density at radius 1 is 1.39 bits per heavy atom. The second kappa shape index (κ2) is 7.40. The number of rotatable bonds is 6. The Morgan fingerprint density at radius 2 is 2.04 bits per heavy atom. The van der Waals surface area contributed by atoms with Crippen molar-refractivity contribution in [3.05, 3.63) is 30.1 Å². The molecule has 1 heterocycles. The van der Waals surface area contributed by atoms with Gasteiger partial charge in [0, 0.05) is 19.0 Å². The molecule has 0 bridgehead atoms. The summed E-state index contributed by atoms with van der Waals surface area (Å²) in [7, 11) is -1.72. The van der Waals surface area contributed by atoms with Gasteiger partial charge < -0.3 is 10.2 Å². The third-order valence-corrected chi connectivity index (χ3v) is 6.08. The molecule has 7 heteroatoms. The average molecular weight is 342 g/mol. The zero-order chi connectivity index (χ0) is 17.0. The molecule has 1 aliphatic rings. The SMILES string of the molecule is CNCC1CCN(C(=O)C(C)CS(=O)(=O)c2ccc(F)cc2)C1. The summed E-state index contributed by atoms with van der Waals surface area (Å²) in [6.45, 7) is 3.83. The second-order valence-corrected chi connectivity index (χ2v) is 8.17. The Bertz CT molecular complexity index is 646. The van der Waals surface area contributed by atoms with Gasteiger partial charge >= 0.3 is 0 Å². The van der Waals surface area contributed by atoms with E-state index in [1.807, 2.05) is 7.05 Å². The van der Waals surface area contributed by atoms with Crippen LogP contribution in [0.3, 0.4) is 0 Å². The van der Waals surface area contributed by atoms with Crippen LogP contribution in [0.25, 0.3) is 0 Å². The van der Waals surface area contributed by atoms with Gasteiger partial charge in [0.15, 0.2) is 9.84 Å². The fraction of sp³-hybridized carbons (Fsp3) is 0.562. The van der Waals surface area contributed by atoms with E-state index in [4.69, 9.17) is 0 Å². The summed E-state index contributed by atoms with van der Waals surface area (Å²) in [5, 5.41) is 3.10. The highest BCUT2D eigenvalue weighted by molar-refractivity contribution is 7.91. The minimum absolute atomic E-state index is 0.0491. The first kappa shape index (κ1) is 17.9. The minimum Gasteiger partial charge on any atom is -0.342 e. The number of carbonyl (C=O) groups is 1. The van der Waals surface area contributed by atoms with Crippen molar-refractivity contribution in [2.45, 2.75) is 18.2 Å². The minimum atomic E-state index is -3.60. The van der Waals surface area contributed by atoms with Crippen LogP contribution in [-0.4, -0.2) is 51.7 Å². The van der Waals surface area contributed by atoms with E-state index in [2.05, 4.69) is 5.32 Å². The Hall–Kier alpha value is -1.47.